The highest BCUT2D eigenvalue weighted by atomic mass is 35.5. The minimum Gasteiger partial charge on any atom is -0.338 e. The van der Waals surface area contributed by atoms with Gasteiger partial charge in [0.05, 0.1) is 10.6 Å². The van der Waals surface area contributed by atoms with E-state index in [0.717, 1.165) is 25.4 Å². The Morgan fingerprint density at radius 1 is 1.17 bits per heavy atom. The highest BCUT2D eigenvalue weighted by Crippen LogP contribution is 2.36. The van der Waals surface area contributed by atoms with Crippen LogP contribution in [-0.4, -0.2) is 29.8 Å². The zero-order chi connectivity index (χ0) is 16.4. The Labute approximate surface area is 142 Å². The summed E-state index contributed by atoms with van der Waals surface area (Å²) in [6, 6.07) is 5.08. The number of hydrogen-bond acceptors (Lipinski definition) is 2. The summed E-state index contributed by atoms with van der Waals surface area (Å²) in [4.78, 5) is 25.8. The summed E-state index contributed by atoms with van der Waals surface area (Å²) >= 11 is 6.27. The summed E-state index contributed by atoms with van der Waals surface area (Å²) in [6.07, 6.45) is 6.29. The van der Waals surface area contributed by atoms with Crippen molar-refractivity contribution in [2.45, 2.75) is 39.0 Å². The average molecular weight is 335 g/mol. The van der Waals surface area contributed by atoms with E-state index in [0.29, 0.717) is 22.2 Å². The maximum Gasteiger partial charge on any atom is 0.255 e. The molecule has 124 valence electrons. The molecule has 1 aromatic rings. The van der Waals surface area contributed by atoms with Gasteiger partial charge >= 0.3 is 0 Å². The van der Waals surface area contributed by atoms with Gasteiger partial charge in [-0.25, -0.2) is 0 Å². The van der Waals surface area contributed by atoms with Crippen molar-refractivity contribution in [2.75, 3.05) is 18.4 Å². The van der Waals surface area contributed by atoms with Gasteiger partial charge in [0.15, 0.2) is 0 Å². The Bertz CT molecular complexity index is 617. The zero-order valence-corrected chi connectivity index (χ0v) is 14.2. The van der Waals surface area contributed by atoms with Crippen molar-refractivity contribution < 1.29 is 9.59 Å². The van der Waals surface area contributed by atoms with Crippen molar-refractivity contribution in [2.24, 2.45) is 11.8 Å². The fourth-order valence-electron chi connectivity index (χ4n) is 3.93. The highest BCUT2D eigenvalue weighted by molar-refractivity contribution is 6.34. The largest absolute Gasteiger partial charge is 0.338 e. The first-order valence-electron chi connectivity index (χ1n) is 8.41. The monoisotopic (exact) mass is 334 g/mol. The Morgan fingerprint density at radius 3 is 2.61 bits per heavy atom. The molecule has 2 fully saturated rings. The lowest BCUT2D eigenvalue weighted by molar-refractivity contribution is -0.114. The molecule has 1 aliphatic heterocycles. The van der Waals surface area contributed by atoms with Crippen LogP contribution in [0.2, 0.25) is 5.02 Å². The van der Waals surface area contributed by atoms with E-state index >= 15 is 0 Å². The third kappa shape index (κ3) is 3.69. The third-order valence-corrected chi connectivity index (χ3v) is 5.41. The number of benzene rings is 1. The van der Waals surface area contributed by atoms with Crippen LogP contribution in [0.1, 0.15) is 49.4 Å². The number of nitrogens with zero attached hydrogens (tertiary/aromatic N) is 1. The third-order valence-electron chi connectivity index (χ3n) is 5.10. The fourth-order valence-corrected chi connectivity index (χ4v) is 4.19. The van der Waals surface area contributed by atoms with Crippen LogP contribution in [0.5, 0.6) is 0 Å². The predicted molar refractivity (Wildman–Crippen MR) is 91.7 cm³/mol. The second-order valence-electron chi connectivity index (χ2n) is 6.72. The van der Waals surface area contributed by atoms with Crippen molar-refractivity contribution in [3.63, 3.8) is 0 Å². The van der Waals surface area contributed by atoms with Crippen molar-refractivity contribution >= 4 is 29.1 Å². The Morgan fingerprint density at radius 2 is 1.91 bits per heavy atom. The van der Waals surface area contributed by atoms with E-state index in [1.807, 2.05) is 4.90 Å². The summed E-state index contributed by atoms with van der Waals surface area (Å²) < 4.78 is 0. The van der Waals surface area contributed by atoms with Crippen LogP contribution < -0.4 is 5.32 Å². The number of likely N-dealkylation sites (tertiary alicyclic amines) is 1. The number of carbonyl (C=O) groups is 2. The van der Waals surface area contributed by atoms with Gasteiger partial charge in [-0.2, -0.15) is 0 Å². The Kier molecular flexibility index (Phi) is 4.90. The molecule has 4 nitrogen and oxygen atoms in total. The molecule has 3 rings (SSSR count). The zero-order valence-electron chi connectivity index (χ0n) is 13.5. The van der Waals surface area contributed by atoms with Crippen molar-refractivity contribution in [1.29, 1.82) is 0 Å². The molecule has 0 spiro atoms. The van der Waals surface area contributed by atoms with Gasteiger partial charge in [-0.1, -0.05) is 30.9 Å². The van der Waals surface area contributed by atoms with E-state index in [1.165, 1.54) is 32.6 Å². The molecule has 1 N–H and O–H groups in total. The van der Waals surface area contributed by atoms with E-state index in [-0.39, 0.29) is 11.8 Å². The van der Waals surface area contributed by atoms with Crippen LogP contribution in [0.15, 0.2) is 18.2 Å². The minimum atomic E-state index is -0.153. The molecule has 1 aromatic carbocycles. The molecule has 0 unspecified atom stereocenters. The summed E-state index contributed by atoms with van der Waals surface area (Å²) in [7, 11) is 0. The lowest BCUT2D eigenvalue weighted by Crippen LogP contribution is -2.44. The first-order chi connectivity index (χ1) is 11.0. The summed E-state index contributed by atoms with van der Waals surface area (Å²) in [6.45, 7) is 3.12. The molecule has 23 heavy (non-hydrogen) atoms. The number of halogens is 1. The topological polar surface area (TPSA) is 49.4 Å². The number of amides is 2. The smallest absolute Gasteiger partial charge is 0.255 e. The predicted octanol–water partition coefficient (Wildman–Crippen LogP) is 3.95. The molecule has 0 aromatic heterocycles. The fraction of sp³-hybridized carbons (Fsp3) is 0.556. The van der Waals surface area contributed by atoms with Gasteiger partial charge in [-0.05, 0) is 42.9 Å². The van der Waals surface area contributed by atoms with Gasteiger partial charge in [-0.15, -0.1) is 0 Å². The highest BCUT2D eigenvalue weighted by Gasteiger charge is 2.33. The van der Waals surface area contributed by atoms with Gasteiger partial charge in [0.25, 0.3) is 5.91 Å². The van der Waals surface area contributed by atoms with E-state index < -0.39 is 0 Å². The molecular weight excluding hydrogens is 312 g/mol. The average Bonchev–Trinajstić information content (AvgIpc) is 2.53. The molecule has 0 radical (unpaired) electrons. The molecule has 5 heteroatoms. The minimum absolute atomic E-state index is 0.00778. The van der Waals surface area contributed by atoms with Crippen LogP contribution in [-0.2, 0) is 4.79 Å². The lowest BCUT2D eigenvalue weighted by Gasteiger charge is -2.41. The van der Waals surface area contributed by atoms with Gasteiger partial charge in [-0.3, -0.25) is 9.59 Å². The molecule has 0 bridgehead atoms. The number of fused-ring (bicyclic) bond motifs is 1. The number of nitrogens with one attached hydrogen (secondary N) is 1. The standard InChI is InChI=1S/C18H23ClN2O2/c1-12(22)20-15-6-7-16(17(19)10-15)18(23)21-9-8-13-4-2-3-5-14(13)11-21/h6-7,10,13-14H,2-5,8-9,11H2,1H3,(H,20,22)/t13-,14+/m1/s1. The quantitative estimate of drug-likeness (QED) is 0.890. The Hall–Kier alpha value is -1.55. The summed E-state index contributed by atoms with van der Waals surface area (Å²) in [5, 5.41) is 3.08. The number of anilines is 1. The number of carbonyl (C=O) groups excluding carboxylic acids is 2. The van der Waals surface area contributed by atoms with Gasteiger partial charge in [0.1, 0.15) is 0 Å². The first kappa shape index (κ1) is 16.3. The number of piperidine rings is 1. The van der Waals surface area contributed by atoms with Crippen LogP contribution >= 0.6 is 11.6 Å². The molecule has 2 aliphatic rings. The van der Waals surface area contributed by atoms with E-state index in [4.69, 9.17) is 11.6 Å². The van der Waals surface area contributed by atoms with Crippen molar-refractivity contribution in [3.05, 3.63) is 28.8 Å². The maximum absolute atomic E-state index is 12.8. The second kappa shape index (κ2) is 6.91. The molecule has 1 aliphatic carbocycles. The molecule has 2 atom stereocenters. The van der Waals surface area contributed by atoms with E-state index in [9.17, 15) is 9.59 Å². The molecule has 1 saturated carbocycles. The van der Waals surface area contributed by atoms with Crippen LogP contribution in [0.3, 0.4) is 0 Å². The number of hydrogen-bond donors (Lipinski definition) is 1. The van der Waals surface area contributed by atoms with Gasteiger partial charge < -0.3 is 10.2 Å². The van der Waals surface area contributed by atoms with Crippen LogP contribution in [0.25, 0.3) is 0 Å². The van der Waals surface area contributed by atoms with E-state index in [2.05, 4.69) is 5.32 Å². The molecule has 1 saturated heterocycles. The molecular formula is C18H23ClN2O2. The first-order valence-corrected chi connectivity index (χ1v) is 8.79. The second-order valence-corrected chi connectivity index (χ2v) is 7.13. The SMILES string of the molecule is CC(=O)Nc1ccc(C(=O)N2CC[C@H]3CCCC[C@H]3C2)c(Cl)c1. The van der Waals surface area contributed by atoms with Gasteiger partial charge in [0, 0.05) is 25.7 Å². The number of rotatable bonds is 2. The molecule has 1 heterocycles. The van der Waals surface area contributed by atoms with Gasteiger partial charge in [0.2, 0.25) is 5.91 Å². The maximum atomic E-state index is 12.8. The summed E-state index contributed by atoms with van der Waals surface area (Å²) in [5.74, 6) is 1.30. The van der Waals surface area contributed by atoms with Crippen molar-refractivity contribution in [3.8, 4) is 0 Å². The normalized spacial score (nSPS) is 24.0. The van der Waals surface area contributed by atoms with Crippen LogP contribution in [0, 0.1) is 11.8 Å². The molecule has 2 amide bonds. The van der Waals surface area contributed by atoms with Crippen LogP contribution in [0.4, 0.5) is 5.69 Å². The summed E-state index contributed by atoms with van der Waals surface area (Å²) in [5.41, 5.74) is 1.14. The Balaban J connectivity index is 1.71. The van der Waals surface area contributed by atoms with E-state index in [1.54, 1.807) is 18.2 Å². The van der Waals surface area contributed by atoms with Crippen molar-refractivity contribution in [1.82, 2.24) is 4.90 Å². The lowest BCUT2D eigenvalue weighted by atomic mass is 9.75.